The standard InChI is InChI=1S/C21H22N4O2/c26-20(14-25-15-22-19-9-5-4-8-18(19)21(25)27)23-17-10-11-24(13-17)12-16-6-2-1-3-7-16/h1-9,15,17H,10-14H2,(H,23,26). The first-order valence-electron chi connectivity index (χ1n) is 9.19. The summed E-state index contributed by atoms with van der Waals surface area (Å²) in [7, 11) is 0. The van der Waals surface area contributed by atoms with Crippen LogP contribution in [0.3, 0.4) is 0 Å². The van der Waals surface area contributed by atoms with E-state index in [2.05, 4.69) is 27.3 Å². The maximum atomic E-state index is 12.5. The van der Waals surface area contributed by atoms with Gasteiger partial charge in [0.2, 0.25) is 5.91 Å². The predicted molar refractivity (Wildman–Crippen MR) is 104 cm³/mol. The summed E-state index contributed by atoms with van der Waals surface area (Å²) in [6, 6.07) is 17.6. The van der Waals surface area contributed by atoms with Crippen LogP contribution in [0.5, 0.6) is 0 Å². The van der Waals surface area contributed by atoms with E-state index >= 15 is 0 Å². The molecule has 1 unspecified atom stereocenters. The number of rotatable bonds is 5. The first-order valence-corrected chi connectivity index (χ1v) is 9.19. The van der Waals surface area contributed by atoms with E-state index in [0.717, 1.165) is 26.1 Å². The average molecular weight is 362 g/mol. The lowest BCUT2D eigenvalue weighted by atomic mass is 10.2. The number of likely N-dealkylation sites (tertiary alicyclic amines) is 1. The Morgan fingerprint density at radius 2 is 1.89 bits per heavy atom. The van der Waals surface area contributed by atoms with E-state index in [-0.39, 0.29) is 24.1 Å². The fourth-order valence-corrected chi connectivity index (χ4v) is 3.58. The number of aromatic nitrogens is 2. The molecule has 1 fully saturated rings. The molecule has 3 aromatic rings. The average Bonchev–Trinajstić information content (AvgIpc) is 3.11. The van der Waals surface area contributed by atoms with Gasteiger partial charge in [-0.3, -0.25) is 19.1 Å². The zero-order valence-electron chi connectivity index (χ0n) is 15.0. The van der Waals surface area contributed by atoms with Crippen molar-refractivity contribution in [1.29, 1.82) is 0 Å². The summed E-state index contributed by atoms with van der Waals surface area (Å²) < 4.78 is 1.37. The van der Waals surface area contributed by atoms with Crippen molar-refractivity contribution in [2.45, 2.75) is 25.6 Å². The van der Waals surface area contributed by atoms with Crippen molar-refractivity contribution in [3.05, 3.63) is 76.8 Å². The fourth-order valence-electron chi connectivity index (χ4n) is 3.58. The molecule has 1 aromatic heterocycles. The van der Waals surface area contributed by atoms with Gasteiger partial charge in [0, 0.05) is 25.7 Å². The number of carbonyl (C=O) groups excluding carboxylic acids is 1. The van der Waals surface area contributed by atoms with Crippen LogP contribution in [0.25, 0.3) is 10.9 Å². The van der Waals surface area contributed by atoms with Crippen molar-refractivity contribution < 1.29 is 4.79 Å². The van der Waals surface area contributed by atoms with E-state index in [0.29, 0.717) is 10.9 Å². The first-order chi connectivity index (χ1) is 13.2. The summed E-state index contributed by atoms with van der Waals surface area (Å²) in [5, 5.41) is 3.58. The highest BCUT2D eigenvalue weighted by atomic mass is 16.2. The van der Waals surface area contributed by atoms with Crippen LogP contribution in [0.1, 0.15) is 12.0 Å². The molecule has 1 N–H and O–H groups in total. The molecule has 138 valence electrons. The number of amides is 1. The zero-order valence-corrected chi connectivity index (χ0v) is 15.0. The predicted octanol–water partition coefficient (Wildman–Crippen LogP) is 1.79. The van der Waals surface area contributed by atoms with Gasteiger partial charge in [0.15, 0.2) is 0 Å². The number of carbonyl (C=O) groups is 1. The summed E-state index contributed by atoms with van der Waals surface area (Å²) >= 11 is 0. The molecule has 0 aliphatic carbocycles. The molecular weight excluding hydrogens is 340 g/mol. The summed E-state index contributed by atoms with van der Waals surface area (Å²) in [5.74, 6) is -0.152. The molecule has 6 nitrogen and oxygen atoms in total. The smallest absolute Gasteiger partial charge is 0.261 e. The molecule has 2 aromatic carbocycles. The number of hydrogen-bond donors (Lipinski definition) is 1. The minimum absolute atomic E-state index is 0.00808. The Labute approximate surface area is 157 Å². The molecule has 6 heteroatoms. The van der Waals surface area contributed by atoms with Gasteiger partial charge in [0.1, 0.15) is 6.54 Å². The molecule has 1 atom stereocenters. The summed E-state index contributed by atoms with van der Waals surface area (Å²) in [4.78, 5) is 31.5. The number of nitrogens with one attached hydrogen (secondary N) is 1. The fraction of sp³-hybridized carbons (Fsp3) is 0.286. The zero-order chi connectivity index (χ0) is 18.6. The molecule has 27 heavy (non-hydrogen) atoms. The summed E-state index contributed by atoms with van der Waals surface area (Å²) in [6.45, 7) is 2.66. The van der Waals surface area contributed by atoms with Crippen molar-refractivity contribution in [2.24, 2.45) is 0 Å². The first kappa shape index (κ1) is 17.4. The van der Waals surface area contributed by atoms with E-state index in [1.807, 2.05) is 24.3 Å². The maximum Gasteiger partial charge on any atom is 0.261 e. The molecule has 0 spiro atoms. The van der Waals surface area contributed by atoms with Gasteiger partial charge in [-0.05, 0) is 24.1 Å². The van der Waals surface area contributed by atoms with Crippen molar-refractivity contribution >= 4 is 16.8 Å². The third kappa shape index (κ3) is 4.06. The van der Waals surface area contributed by atoms with E-state index in [9.17, 15) is 9.59 Å². The Morgan fingerprint density at radius 1 is 1.11 bits per heavy atom. The summed E-state index contributed by atoms with van der Waals surface area (Å²) in [5.41, 5.74) is 1.73. The van der Waals surface area contributed by atoms with Crippen molar-refractivity contribution in [1.82, 2.24) is 19.8 Å². The van der Waals surface area contributed by atoms with Gasteiger partial charge in [-0.2, -0.15) is 0 Å². The highest BCUT2D eigenvalue weighted by Gasteiger charge is 2.24. The van der Waals surface area contributed by atoms with Crippen LogP contribution in [0, 0.1) is 0 Å². The Morgan fingerprint density at radius 3 is 2.74 bits per heavy atom. The largest absolute Gasteiger partial charge is 0.350 e. The van der Waals surface area contributed by atoms with Gasteiger partial charge in [0.25, 0.3) is 5.56 Å². The maximum absolute atomic E-state index is 12.5. The molecule has 1 amide bonds. The van der Waals surface area contributed by atoms with E-state index in [4.69, 9.17) is 0 Å². The molecular formula is C21H22N4O2. The molecule has 2 heterocycles. The topological polar surface area (TPSA) is 67.2 Å². The monoisotopic (exact) mass is 362 g/mol. The Hall–Kier alpha value is -2.99. The Kier molecular flexibility index (Phi) is 4.98. The van der Waals surface area contributed by atoms with Crippen LogP contribution in [0.2, 0.25) is 0 Å². The SMILES string of the molecule is O=C(Cn1cnc2ccccc2c1=O)NC1CCN(Cc2ccccc2)C1. The normalized spacial score (nSPS) is 17.3. The molecule has 1 aliphatic heterocycles. The van der Waals surface area contributed by atoms with Gasteiger partial charge < -0.3 is 5.32 Å². The van der Waals surface area contributed by atoms with E-state index < -0.39 is 0 Å². The van der Waals surface area contributed by atoms with Gasteiger partial charge >= 0.3 is 0 Å². The molecule has 0 bridgehead atoms. The van der Waals surface area contributed by atoms with Crippen molar-refractivity contribution in [3.8, 4) is 0 Å². The highest BCUT2D eigenvalue weighted by molar-refractivity contribution is 5.79. The van der Waals surface area contributed by atoms with Crippen LogP contribution in [-0.4, -0.2) is 39.5 Å². The van der Waals surface area contributed by atoms with Crippen LogP contribution in [0.15, 0.2) is 65.7 Å². The highest BCUT2D eigenvalue weighted by Crippen LogP contribution is 2.13. The van der Waals surface area contributed by atoms with Gasteiger partial charge in [0.05, 0.1) is 17.2 Å². The number of benzene rings is 2. The lowest BCUT2D eigenvalue weighted by Crippen LogP contribution is -2.40. The van der Waals surface area contributed by atoms with Gasteiger partial charge in [-0.1, -0.05) is 42.5 Å². The van der Waals surface area contributed by atoms with E-state index in [1.54, 1.807) is 18.2 Å². The van der Waals surface area contributed by atoms with Crippen LogP contribution < -0.4 is 10.9 Å². The third-order valence-electron chi connectivity index (χ3n) is 4.93. The van der Waals surface area contributed by atoms with Crippen LogP contribution in [0.4, 0.5) is 0 Å². The minimum Gasteiger partial charge on any atom is -0.350 e. The Bertz CT molecular complexity index is 1000. The van der Waals surface area contributed by atoms with Crippen molar-refractivity contribution in [3.63, 3.8) is 0 Å². The van der Waals surface area contributed by atoms with Gasteiger partial charge in [-0.15, -0.1) is 0 Å². The lowest BCUT2D eigenvalue weighted by Gasteiger charge is -2.17. The van der Waals surface area contributed by atoms with Crippen LogP contribution >= 0.6 is 0 Å². The second kappa shape index (κ2) is 7.72. The molecule has 0 saturated carbocycles. The lowest BCUT2D eigenvalue weighted by molar-refractivity contribution is -0.122. The molecule has 4 rings (SSSR count). The number of para-hydroxylation sites is 1. The van der Waals surface area contributed by atoms with E-state index in [1.165, 1.54) is 16.5 Å². The molecule has 1 aliphatic rings. The van der Waals surface area contributed by atoms with Crippen molar-refractivity contribution in [2.75, 3.05) is 13.1 Å². The third-order valence-corrected chi connectivity index (χ3v) is 4.93. The minimum atomic E-state index is -0.187. The second-order valence-electron chi connectivity index (χ2n) is 6.97. The second-order valence-corrected chi connectivity index (χ2v) is 6.97. The van der Waals surface area contributed by atoms with Crippen LogP contribution in [-0.2, 0) is 17.9 Å². The Balaban J connectivity index is 1.35. The molecule has 0 radical (unpaired) electrons. The number of hydrogen-bond acceptors (Lipinski definition) is 4. The number of fused-ring (bicyclic) bond motifs is 1. The van der Waals surface area contributed by atoms with Gasteiger partial charge in [-0.25, -0.2) is 4.98 Å². The summed E-state index contributed by atoms with van der Waals surface area (Å²) in [6.07, 6.45) is 2.37. The molecule has 1 saturated heterocycles. The number of nitrogens with zero attached hydrogens (tertiary/aromatic N) is 3. The quantitative estimate of drug-likeness (QED) is 0.751.